The SMILES string of the molecule is COc1ccc([C@H](Cc2c(Cl)cncc2Cl)OC(=O)c2ccc(CN[C@H](C(=O)OC3CCN(C)CC3)c3ccccc3)s2)cc1OC. The van der Waals surface area contributed by atoms with Gasteiger partial charge in [-0.25, -0.2) is 9.59 Å². The van der Waals surface area contributed by atoms with E-state index in [1.165, 1.54) is 30.8 Å². The summed E-state index contributed by atoms with van der Waals surface area (Å²) >= 11 is 14.2. The maximum atomic E-state index is 13.5. The number of piperidine rings is 1. The molecule has 4 aromatic rings. The van der Waals surface area contributed by atoms with Crippen LogP contribution in [0, 0.1) is 0 Å². The molecule has 2 atom stereocenters. The Hall–Kier alpha value is -3.67. The van der Waals surface area contributed by atoms with E-state index in [0.29, 0.717) is 44.1 Å². The number of hydrogen-bond acceptors (Lipinski definition) is 10. The fraction of sp³-hybridized carbons (Fsp3) is 0.343. The average molecular weight is 699 g/mol. The number of pyridine rings is 1. The molecule has 0 spiro atoms. The van der Waals surface area contributed by atoms with Crippen molar-refractivity contribution >= 4 is 46.5 Å². The molecule has 248 valence electrons. The molecule has 3 heterocycles. The first-order chi connectivity index (χ1) is 22.7. The van der Waals surface area contributed by atoms with Gasteiger partial charge in [-0.3, -0.25) is 10.3 Å². The van der Waals surface area contributed by atoms with Crippen molar-refractivity contribution in [1.29, 1.82) is 0 Å². The summed E-state index contributed by atoms with van der Waals surface area (Å²) in [7, 11) is 5.16. The summed E-state index contributed by atoms with van der Waals surface area (Å²) in [6.07, 6.45) is 3.97. The minimum Gasteiger partial charge on any atom is -0.493 e. The third-order valence-corrected chi connectivity index (χ3v) is 9.75. The van der Waals surface area contributed by atoms with Crippen molar-refractivity contribution in [3.63, 3.8) is 0 Å². The standard InChI is InChI=1S/C35H37Cl2N3O6S/c1-40-15-13-24(14-16-40)45-35(42)33(22-7-5-4-6-8-22)39-19-25-10-12-32(47-25)34(41)46-30(18-26-27(36)20-38-21-28(26)37)23-9-11-29(43-2)31(17-23)44-3/h4-12,17,20-21,24,30,33,39H,13-16,18-19H2,1-3H3/t30-,33-/m0/s1. The Labute approximate surface area is 288 Å². The van der Waals surface area contributed by atoms with Crippen molar-refractivity contribution in [3.8, 4) is 11.5 Å². The van der Waals surface area contributed by atoms with Crippen LogP contribution in [-0.2, 0) is 27.2 Å². The van der Waals surface area contributed by atoms with Gasteiger partial charge < -0.3 is 23.8 Å². The van der Waals surface area contributed by atoms with Crippen LogP contribution in [0.2, 0.25) is 10.0 Å². The molecule has 1 aliphatic rings. The summed E-state index contributed by atoms with van der Waals surface area (Å²) < 4.78 is 22.9. The van der Waals surface area contributed by atoms with Crippen molar-refractivity contribution in [3.05, 3.63) is 110 Å². The molecule has 1 saturated heterocycles. The number of aromatic nitrogens is 1. The molecule has 1 fully saturated rings. The van der Waals surface area contributed by atoms with Gasteiger partial charge in [0.2, 0.25) is 0 Å². The van der Waals surface area contributed by atoms with Gasteiger partial charge in [0, 0.05) is 43.3 Å². The Balaban J connectivity index is 1.31. The number of carbonyl (C=O) groups is 2. The fourth-order valence-electron chi connectivity index (χ4n) is 5.39. The van der Waals surface area contributed by atoms with Crippen molar-refractivity contribution in [1.82, 2.24) is 15.2 Å². The fourth-order valence-corrected chi connectivity index (χ4v) is 6.75. The van der Waals surface area contributed by atoms with E-state index in [1.54, 1.807) is 31.4 Å². The minimum atomic E-state index is -0.750. The molecule has 0 bridgehead atoms. The number of nitrogens with zero attached hydrogens (tertiary/aromatic N) is 2. The highest BCUT2D eigenvalue weighted by atomic mass is 35.5. The molecule has 0 aliphatic carbocycles. The highest BCUT2D eigenvalue weighted by Gasteiger charge is 2.28. The topological polar surface area (TPSA) is 99.2 Å². The van der Waals surface area contributed by atoms with E-state index in [2.05, 4.69) is 22.2 Å². The molecule has 0 unspecified atom stereocenters. The second-order valence-corrected chi connectivity index (χ2v) is 13.2. The minimum absolute atomic E-state index is 0.106. The maximum Gasteiger partial charge on any atom is 0.348 e. The van der Waals surface area contributed by atoms with Crippen LogP contribution in [0.3, 0.4) is 0 Å². The van der Waals surface area contributed by atoms with Gasteiger partial charge >= 0.3 is 11.9 Å². The van der Waals surface area contributed by atoms with Crippen LogP contribution in [0.5, 0.6) is 11.5 Å². The van der Waals surface area contributed by atoms with Crippen molar-refractivity contribution < 1.29 is 28.5 Å². The average Bonchev–Trinajstić information content (AvgIpc) is 3.56. The van der Waals surface area contributed by atoms with E-state index in [9.17, 15) is 9.59 Å². The zero-order valence-electron chi connectivity index (χ0n) is 26.4. The van der Waals surface area contributed by atoms with Crippen LogP contribution in [0.15, 0.2) is 73.1 Å². The third-order valence-electron chi connectivity index (χ3n) is 8.03. The second-order valence-electron chi connectivity index (χ2n) is 11.2. The summed E-state index contributed by atoms with van der Waals surface area (Å²) in [6.45, 7) is 2.14. The zero-order chi connectivity index (χ0) is 33.3. The molecular formula is C35H37Cl2N3O6S. The summed E-state index contributed by atoms with van der Waals surface area (Å²) in [5, 5.41) is 4.08. The van der Waals surface area contributed by atoms with Gasteiger partial charge in [0.25, 0.3) is 0 Å². The quantitative estimate of drug-likeness (QED) is 0.147. The Morgan fingerprint density at radius 3 is 2.34 bits per heavy atom. The number of carbonyl (C=O) groups excluding carboxylic acids is 2. The number of ether oxygens (including phenoxy) is 4. The smallest absolute Gasteiger partial charge is 0.348 e. The summed E-state index contributed by atoms with van der Waals surface area (Å²) in [6, 6.07) is 17.7. The van der Waals surface area contributed by atoms with E-state index in [4.69, 9.17) is 42.1 Å². The number of benzene rings is 2. The van der Waals surface area contributed by atoms with Crippen LogP contribution in [-0.4, -0.2) is 62.3 Å². The number of thiophene rings is 1. The van der Waals surface area contributed by atoms with Gasteiger partial charge in [0.1, 0.15) is 23.1 Å². The van der Waals surface area contributed by atoms with Crippen LogP contribution in [0.1, 0.15) is 56.2 Å². The molecule has 9 nitrogen and oxygen atoms in total. The van der Waals surface area contributed by atoms with Crippen LogP contribution >= 0.6 is 34.5 Å². The highest BCUT2D eigenvalue weighted by molar-refractivity contribution is 7.13. The van der Waals surface area contributed by atoms with Crippen LogP contribution < -0.4 is 14.8 Å². The number of nitrogens with one attached hydrogen (secondary N) is 1. The molecule has 0 radical (unpaired) electrons. The first kappa shape index (κ1) is 34.7. The van der Waals surface area contributed by atoms with E-state index >= 15 is 0 Å². The van der Waals surface area contributed by atoms with E-state index in [-0.39, 0.29) is 18.5 Å². The van der Waals surface area contributed by atoms with Gasteiger partial charge in [0.05, 0.1) is 24.3 Å². The van der Waals surface area contributed by atoms with Crippen molar-refractivity contribution in [2.45, 2.75) is 44.1 Å². The largest absolute Gasteiger partial charge is 0.493 e. The number of esters is 2. The molecular weight excluding hydrogens is 661 g/mol. The molecule has 12 heteroatoms. The Kier molecular flexibility index (Phi) is 12.1. The predicted molar refractivity (Wildman–Crippen MR) is 183 cm³/mol. The van der Waals surface area contributed by atoms with Crippen molar-refractivity contribution in [2.24, 2.45) is 0 Å². The second kappa shape index (κ2) is 16.4. The van der Waals surface area contributed by atoms with Gasteiger partial charge in [-0.2, -0.15) is 0 Å². The highest BCUT2D eigenvalue weighted by Crippen LogP contribution is 2.36. The summed E-state index contributed by atoms with van der Waals surface area (Å²) in [5.41, 5.74) is 2.09. The molecule has 0 amide bonds. The summed E-state index contributed by atoms with van der Waals surface area (Å²) in [4.78, 5) is 34.4. The Morgan fingerprint density at radius 1 is 0.957 bits per heavy atom. The molecule has 2 aromatic carbocycles. The van der Waals surface area contributed by atoms with Crippen LogP contribution in [0.4, 0.5) is 0 Å². The third kappa shape index (κ3) is 9.03. The number of likely N-dealkylation sites (tertiary alicyclic amines) is 1. The monoisotopic (exact) mass is 697 g/mol. The van der Waals surface area contributed by atoms with Gasteiger partial charge in [-0.05, 0) is 60.8 Å². The first-order valence-corrected chi connectivity index (χ1v) is 16.8. The van der Waals surface area contributed by atoms with Crippen molar-refractivity contribution in [2.75, 3.05) is 34.4 Å². The maximum absolute atomic E-state index is 13.5. The molecule has 5 rings (SSSR count). The molecule has 1 N–H and O–H groups in total. The van der Waals surface area contributed by atoms with Gasteiger partial charge in [-0.1, -0.05) is 59.6 Å². The van der Waals surface area contributed by atoms with Gasteiger partial charge in [-0.15, -0.1) is 11.3 Å². The van der Waals surface area contributed by atoms with E-state index in [0.717, 1.165) is 36.4 Å². The lowest BCUT2D eigenvalue weighted by atomic mass is 10.0. The number of hydrogen-bond donors (Lipinski definition) is 1. The molecule has 2 aromatic heterocycles. The number of halogens is 2. The lowest BCUT2D eigenvalue weighted by Crippen LogP contribution is -2.38. The Bertz CT molecular complexity index is 1640. The zero-order valence-corrected chi connectivity index (χ0v) is 28.7. The summed E-state index contributed by atoms with van der Waals surface area (Å²) in [5.74, 6) is 0.210. The number of rotatable bonds is 13. The molecule has 1 aliphatic heterocycles. The van der Waals surface area contributed by atoms with Crippen LogP contribution in [0.25, 0.3) is 0 Å². The molecule has 0 saturated carbocycles. The first-order valence-electron chi connectivity index (χ1n) is 15.2. The van der Waals surface area contributed by atoms with E-state index < -0.39 is 18.1 Å². The lowest BCUT2D eigenvalue weighted by Gasteiger charge is -2.30. The number of methoxy groups -OCH3 is 2. The lowest BCUT2D eigenvalue weighted by molar-refractivity contribution is -0.154. The van der Waals surface area contributed by atoms with E-state index in [1.807, 2.05) is 36.4 Å². The molecule has 47 heavy (non-hydrogen) atoms. The predicted octanol–water partition coefficient (Wildman–Crippen LogP) is 7.08. The van der Waals surface area contributed by atoms with Gasteiger partial charge in [0.15, 0.2) is 11.5 Å². The Morgan fingerprint density at radius 2 is 1.66 bits per heavy atom. The normalized spacial score (nSPS) is 15.1.